The van der Waals surface area contributed by atoms with Crippen molar-refractivity contribution < 1.29 is 18.8 Å². The van der Waals surface area contributed by atoms with Gasteiger partial charge in [0, 0.05) is 23.9 Å². The topological polar surface area (TPSA) is 105 Å². The maximum Gasteiger partial charge on any atom is 0.288 e. The van der Waals surface area contributed by atoms with Crippen LogP contribution in [0, 0.1) is 5.92 Å². The molecule has 4 rings (SSSR count). The minimum absolute atomic E-state index is 0.0325. The van der Waals surface area contributed by atoms with Crippen LogP contribution in [-0.4, -0.2) is 31.6 Å². The van der Waals surface area contributed by atoms with Crippen LogP contribution in [0.2, 0.25) is 0 Å². The van der Waals surface area contributed by atoms with Gasteiger partial charge in [0.25, 0.3) is 5.91 Å². The van der Waals surface area contributed by atoms with Crippen molar-refractivity contribution in [3.63, 3.8) is 0 Å². The van der Waals surface area contributed by atoms with Crippen molar-refractivity contribution >= 4 is 23.8 Å². The Morgan fingerprint density at radius 2 is 2.03 bits per heavy atom. The highest BCUT2D eigenvalue weighted by Crippen LogP contribution is 2.38. The first-order chi connectivity index (χ1) is 18.1. The van der Waals surface area contributed by atoms with E-state index in [1.165, 1.54) is 10.5 Å². The van der Waals surface area contributed by atoms with Gasteiger partial charge >= 0.3 is 0 Å². The lowest BCUT2D eigenvalue weighted by Crippen LogP contribution is -2.42. The summed E-state index contributed by atoms with van der Waals surface area (Å²) in [4.78, 5) is 32.2. The van der Waals surface area contributed by atoms with E-state index >= 15 is 0 Å². The minimum Gasteiger partial charge on any atom is -0.455 e. The summed E-state index contributed by atoms with van der Waals surface area (Å²) < 4.78 is 9.13. The molecular formula is C28H36N4O4S. The molecule has 37 heavy (non-hydrogen) atoms. The van der Waals surface area contributed by atoms with E-state index in [9.17, 15) is 9.59 Å². The van der Waals surface area contributed by atoms with E-state index < -0.39 is 0 Å². The number of fused-ring (bicyclic) bond motifs is 1. The third-order valence-electron chi connectivity index (χ3n) is 6.50. The second-order valence-electron chi connectivity index (χ2n) is 9.27. The lowest BCUT2D eigenvalue weighted by atomic mass is 9.94. The monoisotopic (exact) mass is 524 g/mol. The molecule has 2 heterocycles. The number of allylic oxidation sites excluding steroid dienone is 2. The molecule has 1 saturated heterocycles. The molecule has 1 aliphatic carbocycles. The Kier molecular flexibility index (Phi) is 10.4. The van der Waals surface area contributed by atoms with Crippen LogP contribution in [0.3, 0.4) is 0 Å². The Morgan fingerprint density at radius 1 is 1.16 bits per heavy atom. The number of carbonyl (C=O) groups is 2. The van der Waals surface area contributed by atoms with Crippen molar-refractivity contribution in [2.75, 3.05) is 19.8 Å². The van der Waals surface area contributed by atoms with Crippen LogP contribution in [0.1, 0.15) is 66.8 Å². The Labute approximate surface area is 222 Å². The van der Waals surface area contributed by atoms with E-state index in [0.29, 0.717) is 13.2 Å². The fraction of sp³-hybridized carbons (Fsp3) is 0.429. The van der Waals surface area contributed by atoms with E-state index in [1.807, 2.05) is 36.4 Å². The highest BCUT2D eigenvalue weighted by molar-refractivity contribution is 8.01. The Hall–Kier alpha value is -2.85. The van der Waals surface area contributed by atoms with Gasteiger partial charge < -0.3 is 15.1 Å². The Morgan fingerprint density at radius 3 is 2.86 bits per heavy atom. The molecule has 2 atom stereocenters. The lowest BCUT2D eigenvalue weighted by molar-refractivity contribution is -0.126. The summed E-state index contributed by atoms with van der Waals surface area (Å²) in [6.45, 7) is 3.88. The number of carbonyl (C=O) groups excluding carboxylic acids is 2. The molecule has 2 aliphatic rings. The highest BCUT2D eigenvalue weighted by Gasteiger charge is 2.24. The summed E-state index contributed by atoms with van der Waals surface area (Å²) in [5.41, 5.74) is 5.32. The van der Waals surface area contributed by atoms with E-state index in [1.54, 1.807) is 18.0 Å². The second kappa shape index (κ2) is 14.2. The van der Waals surface area contributed by atoms with Crippen LogP contribution in [0.5, 0.6) is 0 Å². The lowest BCUT2D eigenvalue weighted by Gasteiger charge is -2.17. The van der Waals surface area contributed by atoms with E-state index in [2.05, 4.69) is 39.9 Å². The normalized spacial score (nSPS) is 17.5. The summed E-state index contributed by atoms with van der Waals surface area (Å²) in [7, 11) is 0. The zero-order chi connectivity index (χ0) is 25.9. The summed E-state index contributed by atoms with van der Waals surface area (Å²) in [6, 6.07) is 13.4. The average molecular weight is 525 g/mol. The minimum atomic E-state index is -0.352. The van der Waals surface area contributed by atoms with Gasteiger partial charge in [0.05, 0.1) is 19.2 Å². The van der Waals surface area contributed by atoms with Crippen molar-refractivity contribution in [1.82, 2.24) is 20.8 Å². The van der Waals surface area contributed by atoms with Gasteiger partial charge in [-0.05, 0) is 48.1 Å². The summed E-state index contributed by atoms with van der Waals surface area (Å²) in [5.74, 6) is 0.399. The number of unbranched alkanes of at least 4 members (excludes halogenated alkanes) is 2. The Bertz CT molecular complexity index is 1100. The number of hydrogen-bond acceptors (Lipinski definition) is 7. The number of hydrogen-bond donors (Lipinski definition) is 4. The van der Waals surface area contributed by atoms with Crippen LogP contribution in [0.25, 0.3) is 0 Å². The van der Waals surface area contributed by atoms with E-state index in [4.69, 9.17) is 9.25 Å². The standard InChI is InChI=1S/C28H36N4O4S/c1-2-3-5-10-23(16-31-35-18-20-8-6-4-7-9-20)27(33)29-19-30-28(34)25-14-13-24(36-25)21-11-12-22-17-32-37-26(22)15-21/h4,6-9,12-15,21,23,31-32H,2-3,5,10-11,16-19H2,1H3,(H,29,33)(H,30,34)/t21?,23-/m1/s1. The molecule has 0 radical (unpaired) electrons. The largest absolute Gasteiger partial charge is 0.455 e. The summed E-state index contributed by atoms with van der Waals surface area (Å²) in [6.07, 6.45) is 9.13. The van der Waals surface area contributed by atoms with Crippen molar-refractivity contribution in [1.29, 1.82) is 0 Å². The van der Waals surface area contributed by atoms with Crippen LogP contribution < -0.4 is 20.8 Å². The average Bonchev–Trinajstić information content (AvgIpc) is 3.60. The number of benzene rings is 1. The molecule has 9 heteroatoms. The predicted octanol–water partition coefficient (Wildman–Crippen LogP) is 4.55. The van der Waals surface area contributed by atoms with Gasteiger partial charge in [0.15, 0.2) is 5.76 Å². The summed E-state index contributed by atoms with van der Waals surface area (Å²) in [5, 5.41) is 5.57. The van der Waals surface area contributed by atoms with Gasteiger partial charge in [-0.15, -0.1) is 0 Å². The van der Waals surface area contributed by atoms with Crippen LogP contribution in [0.15, 0.2) is 69.5 Å². The molecule has 1 aliphatic heterocycles. The van der Waals surface area contributed by atoms with Gasteiger partial charge in [-0.3, -0.25) is 19.1 Å². The second-order valence-corrected chi connectivity index (χ2v) is 10.2. The zero-order valence-electron chi connectivity index (χ0n) is 21.3. The van der Waals surface area contributed by atoms with Crippen molar-refractivity contribution in [2.24, 2.45) is 5.92 Å². The first-order valence-electron chi connectivity index (χ1n) is 13.0. The van der Waals surface area contributed by atoms with Crippen molar-refractivity contribution in [2.45, 2.75) is 51.6 Å². The van der Waals surface area contributed by atoms with Gasteiger partial charge in [-0.25, -0.2) is 5.48 Å². The third-order valence-corrected chi connectivity index (χ3v) is 7.41. The number of nitrogens with one attached hydrogen (secondary N) is 4. The third kappa shape index (κ3) is 8.07. The zero-order valence-corrected chi connectivity index (χ0v) is 22.1. The maximum absolute atomic E-state index is 12.8. The van der Waals surface area contributed by atoms with Crippen LogP contribution >= 0.6 is 11.9 Å². The summed E-state index contributed by atoms with van der Waals surface area (Å²) >= 11 is 1.63. The Balaban J connectivity index is 1.21. The molecule has 1 unspecified atom stereocenters. The van der Waals surface area contributed by atoms with Gasteiger partial charge in [-0.1, -0.05) is 68.7 Å². The van der Waals surface area contributed by atoms with E-state index in [-0.39, 0.29) is 36.1 Å². The van der Waals surface area contributed by atoms with Crippen LogP contribution in [-0.2, 0) is 16.2 Å². The number of rotatable bonds is 14. The molecule has 2 amide bonds. The quantitative estimate of drug-likeness (QED) is 0.124. The molecule has 8 nitrogen and oxygen atoms in total. The van der Waals surface area contributed by atoms with Crippen LogP contribution in [0.4, 0.5) is 0 Å². The fourth-order valence-electron chi connectivity index (χ4n) is 4.33. The van der Waals surface area contributed by atoms with E-state index in [0.717, 1.165) is 50.0 Å². The molecule has 2 aromatic rings. The smallest absolute Gasteiger partial charge is 0.288 e. The number of hydroxylamine groups is 1. The molecule has 0 spiro atoms. The van der Waals surface area contributed by atoms with Crippen molar-refractivity contribution in [3.05, 3.63) is 82.2 Å². The number of furan rings is 1. The van der Waals surface area contributed by atoms with Gasteiger partial charge in [-0.2, -0.15) is 0 Å². The molecular weight excluding hydrogens is 488 g/mol. The molecule has 0 bridgehead atoms. The SMILES string of the molecule is CCCCC[C@H](CNOCc1ccccc1)C(=O)NCNC(=O)c1ccc(C2C=C3SNCC3=CC2)o1. The molecule has 1 aromatic carbocycles. The molecule has 0 saturated carbocycles. The predicted molar refractivity (Wildman–Crippen MR) is 145 cm³/mol. The first-order valence-corrected chi connectivity index (χ1v) is 13.8. The van der Waals surface area contributed by atoms with Crippen molar-refractivity contribution in [3.8, 4) is 0 Å². The van der Waals surface area contributed by atoms with Gasteiger partial charge in [0.1, 0.15) is 5.76 Å². The fourth-order valence-corrected chi connectivity index (χ4v) is 5.23. The molecule has 1 aromatic heterocycles. The maximum atomic E-state index is 12.8. The molecule has 1 fully saturated rings. The number of amides is 2. The van der Waals surface area contributed by atoms with Gasteiger partial charge in [0.2, 0.25) is 5.91 Å². The first kappa shape index (κ1) is 27.2. The highest BCUT2D eigenvalue weighted by atomic mass is 32.2. The molecule has 198 valence electrons. The molecule has 4 N–H and O–H groups in total.